The fourth-order valence-electron chi connectivity index (χ4n) is 1.65. The van der Waals surface area contributed by atoms with Crippen LogP contribution in [0.5, 0.6) is 0 Å². The standard InChI is InChI=1S/C12H19NO2/c1-8-5-6-9(10(14)7-8)11(15)13-12(2,3)4/h7,9H,5-6H2,1-4H3,(H,13,15). The molecule has 1 atom stereocenters. The van der Waals surface area contributed by atoms with Gasteiger partial charge < -0.3 is 5.32 Å². The van der Waals surface area contributed by atoms with Gasteiger partial charge in [-0.25, -0.2) is 0 Å². The first kappa shape index (κ1) is 12.0. The third-order valence-electron chi connectivity index (χ3n) is 2.37. The molecule has 1 aliphatic carbocycles. The van der Waals surface area contributed by atoms with Crippen molar-refractivity contribution in [2.24, 2.45) is 5.92 Å². The van der Waals surface area contributed by atoms with Crippen molar-refractivity contribution in [1.29, 1.82) is 0 Å². The molecule has 0 fully saturated rings. The molecule has 0 aromatic heterocycles. The number of rotatable bonds is 1. The maximum Gasteiger partial charge on any atom is 0.231 e. The van der Waals surface area contributed by atoms with Crippen LogP contribution in [0, 0.1) is 5.92 Å². The maximum absolute atomic E-state index is 11.8. The van der Waals surface area contributed by atoms with Crippen LogP contribution in [0.25, 0.3) is 0 Å². The maximum atomic E-state index is 11.8. The molecule has 0 aliphatic heterocycles. The molecule has 0 radical (unpaired) electrons. The van der Waals surface area contributed by atoms with Crippen LogP contribution in [0.4, 0.5) is 0 Å². The Hall–Kier alpha value is -1.12. The molecule has 0 bridgehead atoms. The molecule has 84 valence electrons. The fraction of sp³-hybridized carbons (Fsp3) is 0.667. The summed E-state index contributed by atoms with van der Waals surface area (Å²) in [6, 6.07) is 0. The van der Waals surface area contributed by atoms with Gasteiger partial charge in [0.05, 0.1) is 0 Å². The second kappa shape index (κ2) is 4.17. The van der Waals surface area contributed by atoms with E-state index >= 15 is 0 Å². The summed E-state index contributed by atoms with van der Waals surface area (Å²) in [6.07, 6.45) is 3.08. The monoisotopic (exact) mass is 209 g/mol. The Morgan fingerprint density at radius 1 is 1.47 bits per heavy atom. The highest BCUT2D eigenvalue weighted by molar-refractivity contribution is 6.07. The Morgan fingerprint density at radius 3 is 2.53 bits per heavy atom. The lowest BCUT2D eigenvalue weighted by atomic mass is 9.88. The number of amides is 1. The van der Waals surface area contributed by atoms with Gasteiger partial charge in [0.1, 0.15) is 5.92 Å². The minimum absolute atomic E-state index is 0.0551. The summed E-state index contributed by atoms with van der Waals surface area (Å²) >= 11 is 0. The van der Waals surface area contributed by atoms with Gasteiger partial charge >= 0.3 is 0 Å². The Morgan fingerprint density at radius 2 is 2.07 bits per heavy atom. The van der Waals surface area contributed by atoms with Gasteiger partial charge in [-0.1, -0.05) is 5.57 Å². The molecule has 1 N–H and O–H groups in total. The minimum Gasteiger partial charge on any atom is -0.351 e. The quantitative estimate of drug-likeness (QED) is 0.670. The zero-order chi connectivity index (χ0) is 11.6. The highest BCUT2D eigenvalue weighted by Crippen LogP contribution is 2.21. The van der Waals surface area contributed by atoms with E-state index < -0.39 is 5.92 Å². The summed E-state index contributed by atoms with van der Waals surface area (Å²) in [4.78, 5) is 23.4. The van der Waals surface area contributed by atoms with E-state index in [-0.39, 0.29) is 17.2 Å². The Bertz CT molecular complexity index is 310. The van der Waals surface area contributed by atoms with Gasteiger partial charge in [0.25, 0.3) is 0 Å². The Kier molecular flexibility index (Phi) is 3.32. The van der Waals surface area contributed by atoms with Gasteiger partial charge in [0, 0.05) is 5.54 Å². The van der Waals surface area contributed by atoms with Gasteiger partial charge in [-0.15, -0.1) is 0 Å². The van der Waals surface area contributed by atoms with Crippen LogP contribution in [0.3, 0.4) is 0 Å². The number of allylic oxidation sites excluding steroid dienone is 2. The molecule has 1 unspecified atom stereocenters. The molecule has 1 aliphatic rings. The van der Waals surface area contributed by atoms with Crippen LogP contribution in [0.15, 0.2) is 11.6 Å². The summed E-state index contributed by atoms with van der Waals surface area (Å²) in [5.41, 5.74) is 0.799. The van der Waals surface area contributed by atoms with Crippen LogP contribution in [0.1, 0.15) is 40.5 Å². The number of ketones is 1. The molecule has 0 saturated heterocycles. The molecule has 0 aromatic rings. The summed E-state index contributed by atoms with van der Waals surface area (Å²) in [5, 5.41) is 2.85. The molecule has 15 heavy (non-hydrogen) atoms. The fourth-order valence-corrected chi connectivity index (χ4v) is 1.65. The second-order valence-electron chi connectivity index (χ2n) is 5.22. The first-order valence-corrected chi connectivity index (χ1v) is 5.32. The van der Waals surface area contributed by atoms with Crippen molar-refractivity contribution in [2.45, 2.75) is 46.1 Å². The summed E-state index contributed by atoms with van der Waals surface area (Å²) in [6.45, 7) is 7.67. The van der Waals surface area contributed by atoms with E-state index in [0.29, 0.717) is 6.42 Å². The first-order valence-electron chi connectivity index (χ1n) is 5.32. The lowest BCUT2D eigenvalue weighted by Crippen LogP contribution is -2.46. The van der Waals surface area contributed by atoms with Crippen molar-refractivity contribution in [3.05, 3.63) is 11.6 Å². The van der Waals surface area contributed by atoms with E-state index in [4.69, 9.17) is 0 Å². The number of hydrogen-bond donors (Lipinski definition) is 1. The van der Waals surface area contributed by atoms with Crippen LogP contribution in [-0.4, -0.2) is 17.2 Å². The highest BCUT2D eigenvalue weighted by Gasteiger charge is 2.29. The van der Waals surface area contributed by atoms with Crippen molar-refractivity contribution in [3.63, 3.8) is 0 Å². The summed E-state index contributed by atoms with van der Waals surface area (Å²) < 4.78 is 0. The number of hydrogen-bond acceptors (Lipinski definition) is 2. The van der Waals surface area contributed by atoms with Crippen LogP contribution >= 0.6 is 0 Å². The average Bonchev–Trinajstić information content (AvgIpc) is 1.99. The Labute approximate surface area is 90.9 Å². The zero-order valence-electron chi connectivity index (χ0n) is 9.89. The van der Waals surface area contributed by atoms with E-state index in [1.807, 2.05) is 27.7 Å². The van der Waals surface area contributed by atoms with E-state index in [1.165, 1.54) is 0 Å². The topological polar surface area (TPSA) is 46.2 Å². The molecule has 1 amide bonds. The van der Waals surface area contributed by atoms with Crippen LogP contribution in [-0.2, 0) is 9.59 Å². The van der Waals surface area contributed by atoms with Crippen molar-refractivity contribution in [2.75, 3.05) is 0 Å². The summed E-state index contributed by atoms with van der Waals surface area (Å²) in [7, 11) is 0. The van der Waals surface area contributed by atoms with E-state index in [0.717, 1.165) is 12.0 Å². The molecule has 3 heteroatoms. The zero-order valence-corrected chi connectivity index (χ0v) is 9.89. The van der Waals surface area contributed by atoms with E-state index in [9.17, 15) is 9.59 Å². The Balaban J connectivity index is 2.66. The third-order valence-corrected chi connectivity index (χ3v) is 2.37. The lowest BCUT2D eigenvalue weighted by Gasteiger charge is -2.25. The van der Waals surface area contributed by atoms with Gasteiger partial charge in [0.2, 0.25) is 5.91 Å². The van der Waals surface area contributed by atoms with Gasteiger partial charge in [0.15, 0.2) is 5.78 Å². The summed E-state index contributed by atoms with van der Waals surface area (Å²) in [5.74, 6) is -0.676. The predicted molar refractivity (Wildman–Crippen MR) is 59.4 cm³/mol. The smallest absolute Gasteiger partial charge is 0.231 e. The first-order chi connectivity index (χ1) is 6.79. The van der Waals surface area contributed by atoms with Crippen molar-refractivity contribution < 1.29 is 9.59 Å². The molecule has 0 heterocycles. The van der Waals surface area contributed by atoms with Crippen molar-refractivity contribution in [3.8, 4) is 0 Å². The largest absolute Gasteiger partial charge is 0.351 e. The molecule has 0 spiro atoms. The number of carbonyl (C=O) groups is 2. The lowest BCUT2D eigenvalue weighted by molar-refractivity contribution is -0.133. The molecule has 0 aromatic carbocycles. The highest BCUT2D eigenvalue weighted by atomic mass is 16.2. The number of carbonyl (C=O) groups excluding carboxylic acids is 2. The molecule has 1 rings (SSSR count). The molecule has 3 nitrogen and oxygen atoms in total. The molecular weight excluding hydrogens is 190 g/mol. The van der Waals surface area contributed by atoms with E-state index in [1.54, 1.807) is 6.08 Å². The van der Waals surface area contributed by atoms with Crippen LogP contribution < -0.4 is 5.32 Å². The number of nitrogens with one attached hydrogen (secondary N) is 1. The average molecular weight is 209 g/mol. The van der Waals surface area contributed by atoms with Gasteiger partial charge in [-0.3, -0.25) is 9.59 Å². The minimum atomic E-state index is -0.479. The van der Waals surface area contributed by atoms with Gasteiger partial charge in [-0.2, -0.15) is 0 Å². The normalized spacial score (nSPS) is 22.3. The van der Waals surface area contributed by atoms with Crippen LogP contribution in [0.2, 0.25) is 0 Å². The van der Waals surface area contributed by atoms with Gasteiger partial charge in [-0.05, 0) is 46.6 Å². The second-order valence-corrected chi connectivity index (χ2v) is 5.22. The molecular formula is C12H19NO2. The van der Waals surface area contributed by atoms with Crippen molar-refractivity contribution >= 4 is 11.7 Å². The third kappa shape index (κ3) is 3.50. The van der Waals surface area contributed by atoms with Crippen molar-refractivity contribution in [1.82, 2.24) is 5.32 Å². The van der Waals surface area contributed by atoms with E-state index in [2.05, 4.69) is 5.32 Å². The SMILES string of the molecule is CC1=CC(=O)C(C(=O)NC(C)(C)C)CC1. The predicted octanol–water partition coefficient (Wildman–Crippen LogP) is 1.83. The molecule has 0 saturated carbocycles.